The van der Waals surface area contributed by atoms with E-state index in [0.717, 1.165) is 5.56 Å². The van der Waals surface area contributed by atoms with E-state index in [-0.39, 0.29) is 5.75 Å². The molecule has 4 aromatic rings. The first kappa shape index (κ1) is 19.0. The molecule has 0 saturated heterocycles. The normalized spacial score (nSPS) is 11.4. The lowest BCUT2D eigenvalue weighted by Crippen LogP contribution is -1.89. The van der Waals surface area contributed by atoms with Gasteiger partial charge in [0.2, 0.25) is 5.89 Å². The number of aliphatic imine (C=N–C) groups is 1. The summed E-state index contributed by atoms with van der Waals surface area (Å²) in [5, 5.41) is 10.7. The highest BCUT2D eigenvalue weighted by Crippen LogP contribution is 2.33. The van der Waals surface area contributed by atoms with E-state index in [2.05, 4.69) is 36.0 Å². The largest absolute Gasteiger partial charge is 0.504 e. The van der Waals surface area contributed by atoms with Crippen molar-refractivity contribution in [3.05, 3.63) is 70.2 Å². The first-order valence-electron chi connectivity index (χ1n) is 9.03. The number of aryl methyl sites for hydroxylation is 2. The average molecular weight is 407 g/mol. The SMILES string of the molecule is COc1cc(Cl)cc(C=Nc2ccc3oc(-c4ccc(C)c(C)c4)nc3c2)c1O. The summed E-state index contributed by atoms with van der Waals surface area (Å²) in [5.74, 6) is 0.852. The molecule has 0 aliphatic carbocycles. The number of halogens is 1. The summed E-state index contributed by atoms with van der Waals surface area (Å²) >= 11 is 6.07. The van der Waals surface area contributed by atoms with Gasteiger partial charge in [0, 0.05) is 28.4 Å². The van der Waals surface area contributed by atoms with Crippen LogP contribution in [-0.4, -0.2) is 23.4 Å². The van der Waals surface area contributed by atoms with E-state index in [1.54, 1.807) is 12.1 Å². The molecule has 0 bridgehead atoms. The third-order valence-electron chi connectivity index (χ3n) is 4.77. The summed E-state index contributed by atoms with van der Waals surface area (Å²) in [6.45, 7) is 4.14. The zero-order valence-electron chi connectivity index (χ0n) is 16.2. The molecule has 146 valence electrons. The highest BCUT2D eigenvalue weighted by atomic mass is 35.5. The summed E-state index contributed by atoms with van der Waals surface area (Å²) in [6, 6.07) is 14.8. The third kappa shape index (κ3) is 3.82. The zero-order valence-corrected chi connectivity index (χ0v) is 17.0. The number of methoxy groups -OCH3 is 1. The van der Waals surface area contributed by atoms with Gasteiger partial charge in [-0.2, -0.15) is 0 Å². The van der Waals surface area contributed by atoms with Crippen LogP contribution in [0.1, 0.15) is 16.7 Å². The maximum atomic E-state index is 10.2. The molecule has 6 heteroatoms. The smallest absolute Gasteiger partial charge is 0.227 e. The molecule has 0 radical (unpaired) electrons. The molecular weight excluding hydrogens is 388 g/mol. The van der Waals surface area contributed by atoms with Crippen LogP contribution in [0.15, 0.2) is 57.9 Å². The molecule has 0 saturated carbocycles. The van der Waals surface area contributed by atoms with E-state index in [9.17, 15) is 5.11 Å². The molecule has 0 fully saturated rings. The number of hydrogen-bond acceptors (Lipinski definition) is 5. The molecule has 3 aromatic carbocycles. The molecule has 29 heavy (non-hydrogen) atoms. The number of aromatic hydroxyl groups is 1. The van der Waals surface area contributed by atoms with Crippen LogP contribution in [0.2, 0.25) is 5.02 Å². The van der Waals surface area contributed by atoms with Crippen molar-refractivity contribution in [2.45, 2.75) is 13.8 Å². The van der Waals surface area contributed by atoms with Crippen LogP contribution in [0.25, 0.3) is 22.6 Å². The number of rotatable bonds is 4. The van der Waals surface area contributed by atoms with Crippen molar-refractivity contribution in [1.29, 1.82) is 0 Å². The Kier molecular flexibility index (Phi) is 4.99. The van der Waals surface area contributed by atoms with Crippen LogP contribution in [0.3, 0.4) is 0 Å². The number of ether oxygens (including phenoxy) is 1. The number of phenols is 1. The number of fused-ring (bicyclic) bond motifs is 1. The van der Waals surface area contributed by atoms with Gasteiger partial charge < -0.3 is 14.3 Å². The molecule has 0 aliphatic heterocycles. The lowest BCUT2D eigenvalue weighted by atomic mass is 10.1. The van der Waals surface area contributed by atoms with Gasteiger partial charge in [-0.05, 0) is 61.4 Å². The van der Waals surface area contributed by atoms with Gasteiger partial charge in [0.15, 0.2) is 17.1 Å². The average Bonchev–Trinajstić information content (AvgIpc) is 3.13. The minimum Gasteiger partial charge on any atom is -0.504 e. The minimum atomic E-state index is -0.0137. The Balaban J connectivity index is 1.67. The number of aromatic nitrogens is 1. The summed E-state index contributed by atoms with van der Waals surface area (Å²) in [4.78, 5) is 9.03. The molecular formula is C23H19ClN2O3. The Labute approximate surface area is 173 Å². The van der Waals surface area contributed by atoms with E-state index >= 15 is 0 Å². The number of phenolic OH excluding ortho intramolecular Hbond substituents is 1. The van der Waals surface area contributed by atoms with Crippen LogP contribution >= 0.6 is 11.6 Å². The molecule has 0 atom stereocenters. The van der Waals surface area contributed by atoms with Crippen LogP contribution < -0.4 is 4.74 Å². The lowest BCUT2D eigenvalue weighted by Gasteiger charge is -2.06. The van der Waals surface area contributed by atoms with Crippen LogP contribution in [0.5, 0.6) is 11.5 Å². The van der Waals surface area contributed by atoms with Gasteiger partial charge in [-0.25, -0.2) is 4.98 Å². The third-order valence-corrected chi connectivity index (χ3v) is 4.99. The Morgan fingerprint density at radius 2 is 1.90 bits per heavy atom. The quantitative estimate of drug-likeness (QED) is 0.408. The molecule has 1 aromatic heterocycles. The van der Waals surface area contributed by atoms with Crippen molar-refractivity contribution in [3.63, 3.8) is 0 Å². The van der Waals surface area contributed by atoms with Crippen molar-refractivity contribution >= 4 is 34.6 Å². The second kappa shape index (κ2) is 7.60. The van der Waals surface area contributed by atoms with Gasteiger partial charge in [0.25, 0.3) is 0 Å². The maximum Gasteiger partial charge on any atom is 0.227 e. The fraction of sp³-hybridized carbons (Fsp3) is 0.130. The number of oxazole rings is 1. The van der Waals surface area contributed by atoms with Gasteiger partial charge in [0.05, 0.1) is 12.8 Å². The second-order valence-electron chi connectivity index (χ2n) is 6.77. The molecule has 0 amide bonds. The lowest BCUT2D eigenvalue weighted by molar-refractivity contribution is 0.373. The Hall–Kier alpha value is -3.31. The van der Waals surface area contributed by atoms with Gasteiger partial charge in [-0.15, -0.1) is 0 Å². The molecule has 1 N–H and O–H groups in total. The Morgan fingerprint density at radius 3 is 2.66 bits per heavy atom. The number of hydrogen-bond donors (Lipinski definition) is 1. The predicted octanol–water partition coefficient (Wildman–Crippen LogP) is 6.23. The van der Waals surface area contributed by atoms with E-state index < -0.39 is 0 Å². The maximum absolute atomic E-state index is 10.2. The molecule has 5 nitrogen and oxygen atoms in total. The van der Waals surface area contributed by atoms with Gasteiger partial charge in [-0.3, -0.25) is 4.99 Å². The molecule has 0 spiro atoms. The fourth-order valence-electron chi connectivity index (χ4n) is 2.99. The van der Waals surface area contributed by atoms with Crippen LogP contribution in [0, 0.1) is 13.8 Å². The molecule has 1 heterocycles. The van der Waals surface area contributed by atoms with Gasteiger partial charge >= 0.3 is 0 Å². The standard InChI is InChI=1S/C23H19ClN2O3/c1-13-4-5-15(8-14(13)2)23-26-19-11-18(6-7-20(19)29-23)25-12-16-9-17(24)10-21(28-3)22(16)27/h4-12,27H,1-3H3. The second-order valence-corrected chi connectivity index (χ2v) is 7.21. The van der Waals surface area contributed by atoms with E-state index in [1.807, 2.05) is 24.3 Å². The van der Waals surface area contributed by atoms with Gasteiger partial charge in [-0.1, -0.05) is 17.7 Å². The van der Waals surface area contributed by atoms with E-state index in [0.29, 0.717) is 39.0 Å². The summed E-state index contributed by atoms with van der Waals surface area (Å²) in [7, 11) is 1.47. The Bertz CT molecular complexity index is 1240. The summed E-state index contributed by atoms with van der Waals surface area (Å²) in [5.41, 5.74) is 5.88. The van der Waals surface area contributed by atoms with Gasteiger partial charge in [0.1, 0.15) is 5.52 Å². The number of nitrogens with zero attached hydrogens (tertiary/aromatic N) is 2. The molecule has 0 aliphatic rings. The van der Waals surface area contributed by atoms with E-state index in [4.69, 9.17) is 20.8 Å². The van der Waals surface area contributed by atoms with Crippen molar-refractivity contribution in [2.75, 3.05) is 7.11 Å². The summed E-state index contributed by atoms with van der Waals surface area (Å²) in [6.07, 6.45) is 1.54. The number of benzene rings is 3. The first-order valence-corrected chi connectivity index (χ1v) is 9.41. The van der Waals surface area contributed by atoms with Crippen molar-refractivity contribution in [1.82, 2.24) is 4.98 Å². The van der Waals surface area contributed by atoms with Crippen LogP contribution in [-0.2, 0) is 0 Å². The fourth-order valence-corrected chi connectivity index (χ4v) is 3.20. The molecule has 4 rings (SSSR count). The highest BCUT2D eigenvalue weighted by Gasteiger charge is 2.11. The first-order chi connectivity index (χ1) is 13.9. The van der Waals surface area contributed by atoms with Crippen molar-refractivity contribution in [2.24, 2.45) is 4.99 Å². The van der Waals surface area contributed by atoms with Crippen molar-refractivity contribution < 1.29 is 14.3 Å². The van der Waals surface area contributed by atoms with Crippen molar-refractivity contribution in [3.8, 4) is 23.0 Å². The predicted molar refractivity (Wildman–Crippen MR) is 116 cm³/mol. The van der Waals surface area contributed by atoms with E-state index in [1.165, 1.54) is 24.5 Å². The monoisotopic (exact) mass is 406 g/mol. The minimum absolute atomic E-state index is 0.0137. The summed E-state index contributed by atoms with van der Waals surface area (Å²) < 4.78 is 11.0. The topological polar surface area (TPSA) is 67.9 Å². The zero-order chi connectivity index (χ0) is 20.5. The Morgan fingerprint density at radius 1 is 1.07 bits per heavy atom. The van der Waals surface area contributed by atoms with Crippen LogP contribution in [0.4, 0.5) is 5.69 Å². The highest BCUT2D eigenvalue weighted by molar-refractivity contribution is 6.31. The molecule has 0 unspecified atom stereocenters.